The van der Waals surface area contributed by atoms with E-state index in [-0.39, 0.29) is 5.91 Å². The summed E-state index contributed by atoms with van der Waals surface area (Å²) in [5.41, 5.74) is 2.91. The Balaban J connectivity index is 2.06. The highest BCUT2D eigenvalue weighted by Crippen LogP contribution is 2.24. The molecule has 2 rings (SSSR count). The maximum atomic E-state index is 12.2. The van der Waals surface area contributed by atoms with Gasteiger partial charge in [0.2, 0.25) is 0 Å². The highest BCUT2D eigenvalue weighted by molar-refractivity contribution is 6.32. The number of para-hydroxylation sites is 1. The molecule has 1 amide bonds. The molecule has 0 fully saturated rings. The molecule has 110 valence electrons. The number of ether oxygens (including phenoxy) is 1. The van der Waals surface area contributed by atoms with Crippen LogP contribution in [-0.4, -0.2) is 12.0 Å². The van der Waals surface area contributed by atoms with Crippen LogP contribution in [0, 0.1) is 13.8 Å². The van der Waals surface area contributed by atoms with Crippen molar-refractivity contribution in [3.63, 3.8) is 0 Å². The van der Waals surface area contributed by atoms with Gasteiger partial charge in [0.15, 0.2) is 6.10 Å². The Bertz CT molecular complexity index is 655. The van der Waals surface area contributed by atoms with Crippen molar-refractivity contribution in [2.24, 2.45) is 0 Å². The zero-order valence-corrected chi connectivity index (χ0v) is 13.1. The summed E-state index contributed by atoms with van der Waals surface area (Å²) in [5.74, 6) is 0.298. The molecule has 0 radical (unpaired) electrons. The number of anilines is 1. The lowest BCUT2D eigenvalue weighted by atomic mass is 10.1. The molecule has 3 nitrogen and oxygen atoms in total. The van der Waals surface area contributed by atoms with Crippen molar-refractivity contribution in [1.82, 2.24) is 0 Å². The average molecular weight is 304 g/mol. The predicted octanol–water partition coefficient (Wildman–Crippen LogP) is 4.36. The number of carbonyl (C=O) groups is 1. The van der Waals surface area contributed by atoms with E-state index in [2.05, 4.69) is 5.32 Å². The molecule has 0 saturated heterocycles. The summed E-state index contributed by atoms with van der Waals surface area (Å²) in [6.45, 7) is 5.64. The molecule has 0 aromatic heterocycles. The zero-order valence-electron chi connectivity index (χ0n) is 12.3. The molecule has 0 saturated carbocycles. The second-order valence-corrected chi connectivity index (χ2v) is 5.41. The Morgan fingerprint density at radius 2 is 1.90 bits per heavy atom. The van der Waals surface area contributed by atoms with Gasteiger partial charge in [0.1, 0.15) is 5.75 Å². The van der Waals surface area contributed by atoms with Crippen LogP contribution in [0.15, 0.2) is 42.5 Å². The molecule has 0 spiro atoms. The maximum absolute atomic E-state index is 12.2. The number of aryl methyl sites for hydroxylation is 2. The Labute approximate surface area is 129 Å². The van der Waals surface area contributed by atoms with Crippen LogP contribution in [-0.2, 0) is 4.79 Å². The van der Waals surface area contributed by atoms with Gasteiger partial charge in [-0.05, 0) is 50.1 Å². The first-order valence-electron chi connectivity index (χ1n) is 6.76. The van der Waals surface area contributed by atoms with E-state index in [1.165, 1.54) is 0 Å². The van der Waals surface area contributed by atoms with E-state index in [1.54, 1.807) is 19.1 Å². The molecule has 0 aliphatic rings. The first kappa shape index (κ1) is 15.4. The lowest BCUT2D eigenvalue weighted by Crippen LogP contribution is -2.30. The van der Waals surface area contributed by atoms with Gasteiger partial charge >= 0.3 is 0 Å². The van der Waals surface area contributed by atoms with E-state index in [4.69, 9.17) is 16.3 Å². The monoisotopic (exact) mass is 303 g/mol. The van der Waals surface area contributed by atoms with Crippen molar-refractivity contribution < 1.29 is 9.53 Å². The van der Waals surface area contributed by atoms with Crippen LogP contribution in [0.3, 0.4) is 0 Å². The minimum Gasteiger partial charge on any atom is -0.479 e. The van der Waals surface area contributed by atoms with Gasteiger partial charge in [0.05, 0.1) is 5.02 Å². The highest BCUT2D eigenvalue weighted by Gasteiger charge is 2.16. The topological polar surface area (TPSA) is 38.3 Å². The lowest BCUT2D eigenvalue weighted by molar-refractivity contribution is -0.122. The summed E-state index contributed by atoms with van der Waals surface area (Å²) in [7, 11) is 0. The highest BCUT2D eigenvalue weighted by atomic mass is 35.5. The fourth-order valence-corrected chi connectivity index (χ4v) is 2.07. The van der Waals surface area contributed by atoms with Crippen molar-refractivity contribution in [2.45, 2.75) is 26.9 Å². The van der Waals surface area contributed by atoms with Gasteiger partial charge in [-0.1, -0.05) is 35.9 Å². The van der Waals surface area contributed by atoms with E-state index in [0.717, 1.165) is 16.8 Å². The fourth-order valence-electron chi connectivity index (χ4n) is 1.89. The van der Waals surface area contributed by atoms with Crippen LogP contribution >= 0.6 is 11.6 Å². The summed E-state index contributed by atoms with van der Waals surface area (Å²) < 4.78 is 5.61. The maximum Gasteiger partial charge on any atom is 0.265 e. The number of hydrogen-bond acceptors (Lipinski definition) is 2. The fraction of sp³-hybridized carbons (Fsp3) is 0.235. The number of amides is 1. The van der Waals surface area contributed by atoms with Crippen molar-refractivity contribution in [1.29, 1.82) is 0 Å². The molecule has 0 bridgehead atoms. The Hall–Kier alpha value is -2.00. The zero-order chi connectivity index (χ0) is 15.4. The summed E-state index contributed by atoms with van der Waals surface area (Å²) in [4.78, 5) is 12.2. The molecule has 0 aliphatic carbocycles. The van der Waals surface area contributed by atoms with Crippen molar-refractivity contribution >= 4 is 23.2 Å². The van der Waals surface area contributed by atoms with Crippen LogP contribution in [0.2, 0.25) is 5.02 Å². The molecule has 4 heteroatoms. The van der Waals surface area contributed by atoms with Crippen LogP contribution < -0.4 is 10.1 Å². The molecule has 2 aromatic carbocycles. The van der Waals surface area contributed by atoms with E-state index in [1.807, 2.05) is 44.2 Å². The molecule has 21 heavy (non-hydrogen) atoms. The van der Waals surface area contributed by atoms with Gasteiger partial charge in [0, 0.05) is 5.69 Å². The summed E-state index contributed by atoms with van der Waals surface area (Å²) in [6.07, 6.45) is -0.634. The molecule has 0 heterocycles. The van der Waals surface area contributed by atoms with Crippen LogP contribution in [0.4, 0.5) is 5.69 Å². The largest absolute Gasteiger partial charge is 0.479 e. The number of carbonyl (C=O) groups excluding carboxylic acids is 1. The van der Waals surface area contributed by atoms with Crippen LogP contribution in [0.1, 0.15) is 18.1 Å². The standard InChI is InChI=1S/C17H18ClNO2/c1-11-8-9-12(2)15(10-11)19-17(20)13(3)21-16-7-5-4-6-14(16)18/h4-10,13H,1-3H3,(H,19,20). The Kier molecular flexibility index (Phi) is 4.86. The van der Waals surface area contributed by atoms with E-state index in [9.17, 15) is 4.79 Å². The van der Waals surface area contributed by atoms with Crippen LogP contribution in [0.25, 0.3) is 0 Å². The number of benzene rings is 2. The molecular formula is C17H18ClNO2. The summed E-state index contributed by atoms with van der Waals surface area (Å²) >= 11 is 6.02. The minimum absolute atomic E-state index is 0.205. The van der Waals surface area contributed by atoms with E-state index >= 15 is 0 Å². The molecule has 1 N–H and O–H groups in total. The van der Waals surface area contributed by atoms with Gasteiger partial charge in [-0.2, -0.15) is 0 Å². The number of hydrogen-bond donors (Lipinski definition) is 1. The Morgan fingerprint density at radius 1 is 1.19 bits per heavy atom. The van der Waals surface area contributed by atoms with E-state index < -0.39 is 6.10 Å². The molecular weight excluding hydrogens is 286 g/mol. The lowest BCUT2D eigenvalue weighted by Gasteiger charge is -2.16. The smallest absolute Gasteiger partial charge is 0.265 e. The normalized spacial score (nSPS) is 11.8. The second-order valence-electron chi connectivity index (χ2n) is 5.00. The molecule has 1 unspecified atom stereocenters. The minimum atomic E-state index is -0.634. The third-order valence-electron chi connectivity index (χ3n) is 3.16. The SMILES string of the molecule is Cc1ccc(C)c(NC(=O)C(C)Oc2ccccc2Cl)c1. The van der Waals surface area contributed by atoms with Crippen molar-refractivity contribution in [3.8, 4) is 5.75 Å². The average Bonchev–Trinajstić information content (AvgIpc) is 2.45. The van der Waals surface area contributed by atoms with Gasteiger partial charge in [-0.25, -0.2) is 0 Å². The number of rotatable bonds is 4. The van der Waals surface area contributed by atoms with Gasteiger partial charge in [-0.15, -0.1) is 0 Å². The third-order valence-corrected chi connectivity index (χ3v) is 3.47. The quantitative estimate of drug-likeness (QED) is 0.911. The van der Waals surface area contributed by atoms with Gasteiger partial charge < -0.3 is 10.1 Å². The predicted molar refractivity (Wildman–Crippen MR) is 86.1 cm³/mol. The van der Waals surface area contributed by atoms with Gasteiger partial charge in [-0.3, -0.25) is 4.79 Å². The van der Waals surface area contributed by atoms with Crippen LogP contribution in [0.5, 0.6) is 5.75 Å². The first-order chi connectivity index (χ1) is 9.97. The number of halogens is 1. The Morgan fingerprint density at radius 3 is 2.62 bits per heavy atom. The van der Waals surface area contributed by atoms with E-state index in [0.29, 0.717) is 10.8 Å². The molecule has 1 atom stereocenters. The second kappa shape index (κ2) is 6.64. The van der Waals surface area contributed by atoms with Gasteiger partial charge in [0.25, 0.3) is 5.91 Å². The third kappa shape index (κ3) is 3.99. The molecule has 2 aromatic rings. The van der Waals surface area contributed by atoms with Crippen molar-refractivity contribution in [2.75, 3.05) is 5.32 Å². The summed E-state index contributed by atoms with van der Waals surface area (Å²) in [5, 5.41) is 3.37. The summed E-state index contributed by atoms with van der Waals surface area (Å²) in [6, 6.07) is 13.0. The first-order valence-corrected chi connectivity index (χ1v) is 7.14. The van der Waals surface area contributed by atoms with Crippen molar-refractivity contribution in [3.05, 3.63) is 58.6 Å². The molecule has 0 aliphatic heterocycles. The number of nitrogens with one attached hydrogen (secondary N) is 1.